The lowest BCUT2D eigenvalue weighted by atomic mass is 10.4. The fourth-order valence-electron chi connectivity index (χ4n) is 1.48. The van der Waals surface area contributed by atoms with Gasteiger partial charge in [-0.1, -0.05) is 0 Å². The van der Waals surface area contributed by atoms with Crippen molar-refractivity contribution in [3.05, 3.63) is 36.9 Å². The summed E-state index contributed by atoms with van der Waals surface area (Å²) in [5.74, 6) is 2.00. The van der Waals surface area contributed by atoms with Crippen LogP contribution in [0, 0.1) is 0 Å². The van der Waals surface area contributed by atoms with E-state index in [0.717, 1.165) is 0 Å². The van der Waals surface area contributed by atoms with Gasteiger partial charge in [-0.15, -0.1) is 0 Å². The topological polar surface area (TPSA) is 92.2 Å². The maximum atomic E-state index is 5.74. The van der Waals surface area contributed by atoms with Crippen LogP contribution in [0.25, 0.3) is 11.6 Å². The van der Waals surface area contributed by atoms with E-state index < -0.39 is 0 Å². The van der Waals surface area contributed by atoms with Gasteiger partial charge in [0.1, 0.15) is 5.82 Å². The Balaban J connectivity index is 2.00. The number of aromatic nitrogens is 2. The molecule has 4 N–H and O–H groups in total. The minimum Gasteiger partial charge on any atom is -0.461 e. The van der Waals surface area contributed by atoms with E-state index >= 15 is 0 Å². The Kier molecular flexibility index (Phi) is 2.08. The SMILES string of the molecule is Nc1cc(N2NC=CN2)nc(-c2ccco2)n1. The Morgan fingerprint density at radius 3 is 2.76 bits per heavy atom. The summed E-state index contributed by atoms with van der Waals surface area (Å²) in [6, 6.07) is 5.20. The number of nitrogens with zero attached hydrogens (tertiary/aromatic N) is 3. The summed E-state index contributed by atoms with van der Waals surface area (Å²) in [4.78, 5) is 8.45. The van der Waals surface area contributed by atoms with Gasteiger partial charge in [-0.25, -0.2) is 9.97 Å². The zero-order valence-electron chi connectivity index (χ0n) is 8.79. The monoisotopic (exact) mass is 230 g/mol. The van der Waals surface area contributed by atoms with Crippen LogP contribution in [-0.4, -0.2) is 9.97 Å². The second kappa shape index (κ2) is 3.71. The van der Waals surface area contributed by atoms with E-state index in [4.69, 9.17) is 10.2 Å². The van der Waals surface area contributed by atoms with Crippen LogP contribution in [-0.2, 0) is 0 Å². The van der Waals surface area contributed by atoms with Crippen LogP contribution in [0.4, 0.5) is 11.6 Å². The van der Waals surface area contributed by atoms with Gasteiger partial charge in [-0.05, 0) is 12.1 Å². The highest BCUT2D eigenvalue weighted by atomic mass is 16.3. The van der Waals surface area contributed by atoms with Gasteiger partial charge in [0.15, 0.2) is 17.4 Å². The summed E-state index contributed by atoms with van der Waals surface area (Å²) in [6.45, 7) is 0. The maximum absolute atomic E-state index is 5.74. The Morgan fingerprint density at radius 2 is 2.06 bits per heavy atom. The van der Waals surface area contributed by atoms with Gasteiger partial charge in [-0.3, -0.25) is 10.9 Å². The van der Waals surface area contributed by atoms with Crippen LogP contribution >= 0.6 is 0 Å². The van der Waals surface area contributed by atoms with Gasteiger partial charge in [0.25, 0.3) is 0 Å². The first kappa shape index (κ1) is 9.52. The maximum Gasteiger partial charge on any atom is 0.199 e. The predicted octanol–water partition coefficient (Wildman–Crippen LogP) is 0.619. The minimum atomic E-state index is 0.372. The van der Waals surface area contributed by atoms with E-state index in [9.17, 15) is 0 Å². The van der Waals surface area contributed by atoms with Crippen molar-refractivity contribution in [1.29, 1.82) is 0 Å². The summed E-state index contributed by atoms with van der Waals surface area (Å²) in [7, 11) is 0. The number of hydrazine groups is 2. The number of anilines is 2. The fourth-order valence-corrected chi connectivity index (χ4v) is 1.48. The molecule has 0 saturated carbocycles. The number of hydrogen-bond acceptors (Lipinski definition) is 7. The molecule has 2 aromatic rings. The van der Waals surface area contributed by atoms with Gasteiger partial charge < -0.3 is 10.2 Å². The lowest BCUT2D eigenvalue weighted by Gasteiger charge is -2.17. The van der Waals surface area contributed by atoms with Gasteiger partial charge in [0.2, 0.25) is 0 Å². The molecule has 1 aliphatic rings. The Labute approximate surface area is 96.9 Å². The number of nitrogen functional groups attached to an aromatic ring is 1. The van der Waals surface area contributed by atoms with E-state index in [1.165, 1.54) is 0 Å². The fraction of sp³-hybridized carbons (Fsp3) is 0. The molecule has 0 amide bonds. The number of nitrogens with two attached hydrogens (primary N) is 1. The van der Waals surface area contributed by atoms with Crippen LogP contribution in [0.3, 0.4) is 0 Å². The smallest absolute Gasteiger partial charge is 0.199 e. The summed E-state index contributed by atoms with van der Waals surface area (Å²) >= 11 is 0. The van der Waals surface area contributed by atoms with Crippen LogP contribution in [0.5, 0.6) is 0 Å². The van der Waals surface area contributed by atoms with Crippen LogP contribution in [0.2, 0.25) is 0 Å². The molecule has 7 nitrogen and oxygen atoms in total. The highest BCUT2D eigenvalue weighted by Gasteiger charge is 2.13. The molecule has 0 aromatic carbocycles. The zero-order chi connectivity index (χ0) is 11.7. The molecule has 17 heavy (non-hydrogen) atoms. The first-order valence-electron chi connectivity index (χ1n) is 4.99. The first-order valence-corrected chi connectivity index (χ1v) is 4.99. The van der Waals surface area contributed by atoms with Crippen molar-refractivity contribution in [2.45, 2.75) is 0 Å². The van der Waals surface area contributed by atoms with E-state index in [2.05, 4.69) is 20.8 Å². The van der Waals surface area contributed by atoms with Crippen molar-refractivity contribution >= 4 is 11.6 Å². The molecular formula is C10H10N6O. The highest BCUT2D eigenvalue weighted by Crippen LogP contribution is 2.20. The van der Waals surface area contributed by atoms with Crippen LogP contribution in [0.1, 0.15) is 0 Å². The molecular weight excluding hydrogens is 220 g/mol. The average Bonchev–Trinajstić information content (AvgIpc) is 3.02. The molecule has 0 aliphatic carbocycles. The summed E-state index contributed by atoms with van der Waals surface area (Å²) in [5, 5.41) is 1.62. The number of furan rings is 1. The van der Waals surface area contributed by atoms with Crippen LogP contribution in [0.15, 0.2) is 41.3 Å². The second-order valence-electron chi connectivity index (χ2n) is 3.38. The van der Waals surface area contributed by atoms with Gasteiger partial charge in [-0.2, -0.15) is 5.12 Å². The molecule has 0 saturated heterocycles. The lowest BCUT2D eigenvalue weighted by Crippen LogP contribution is -2.38. The molecule has 0 bridgehead atoms. The average molecular weight is 230 g/mol. The number of nitrogens with one attached hydrogen (secondary N) is 2. The third-order valence-corrected chi connectivity index (χ3v) is 2.19. The molecule has 1 aliphatic heterocycles. The molecule has 0 unspecified atom stereocenters. The van der Waals surface area contributed by atoms with Crippen LogP contribution < -0.4 is 21.7 Å². The van der Waals surface area contributed by atoms with Crippen molar-refractivity contribution in [2.75, 3.05) is 10.9 Å². The summed E-state index contributed by atoms with van der Waals surface area (Å²) in [6.07, 6.45) is 5.05. The van der Waals surface area contributed by atoms with Crippen molar-refractivity contribution in [3.8, 4) is 11.6 Å². The predicted molar refractivity (Wildman–Crippen MR) is 62.0 cm³/mol. The summed E-state index contributed by atoms with van der Waals surface area (Å²) < 4.78 is 5.24. The third-order valence-electron chi connectivity index (χ3n) is 2.19. The molecule has 3 heterocycles. The standard InChI is InChI=1S/C10H10N6O/c11-8-6-9(16-12-3-4-13-16)15-10(14-8)7-2-1-5-17-7/h1-6,12-13H,(H2,11,14,15). The molecule has 86 valence electrons. The molecule has 0 radical (unpaired) electrons. The van der Waals surface area contributed by atoms with E-state index in [-0.39, 0.29) is 0 Å². The van der Waals surface area contributed by atoms with E-state index in [0.29, 0.717) is 23.2 Å². The highest BCUT2D eigenvalue weighted by molar-refractivity contribution is 5.56. The molecule has 2 aromatic heterocycles. The zero-order valence-corrected chi connectivity index (χ0v) is 8.79. The Bertz CT molecular complexity index is 542. The molecule has 7 heteroatoms. The number of hydrogen-bond donors (Lipinski definition) is 3. The molecule has 0 atom stereocenters. The van der Waals surface area contributed by atoms with Crippen molar-refractivity contribution < 1.29 is 4.42 Å². The van der Waals surface area contributed by atoms with Crippen molar-refractivity contribution in [2.24, 2.45) is 0 Å². The largest absolute Gasteiger partial charge is 0.461 e. The normalized spacial score (nSPS) is 13.5. The quantitative estimate of drug-likeness (QED) is 0.696. The Morgan fingerprint density at radius 1 is 1.24 bits per heavy atom. The van der Waals surface area contributed by atoms with Gasteiger partial charge in [0.05, 0.1) is 6.26 Å². The summed E-state index contributed by atoms with van der Waals surface area (Å²) in [5.41, 5.74) is 11.6. The third kappa shape index (κ3) is 1.73. The van der Waals surface area contributed by atoms with E-state index in [1.54, 1.807) is 42.0 Å². The first-order chi connectivity index (χ1) is 8.33. The lowest BCUT2D eigenvalue weighted by molar-refractivity contribution is 0.577. The molecule has 3 rings (SSSR count). The Hall–Kier alpha value is -2.70. The minimum absolute atomic E-state index is 0.372. The number of rotatable bonds is 2. The van der Waals surface area contributed by atoms with Crippen molar-refractivity contribution in [3.63, 3.8) is 0 Å². The van der Waals surface area contributed by atoms with Gasteiger partial charge >= 0.3 is 0 Å². The molecule has 0 spiro atoms. The van der Waals surface area contributed by atoms with Gasteiger partial charge in [0, 0.05) is 18.5 Å². The van der Waals surface area contributed by atoms with E-state index in [1.807, 2.05) is 0 Å². The second-order valence-corrected chi connectivity index (χ2v) is 3.38. The van der Waals surface area contributed by atoms with Crippen molar-refractivity contribution in [1.82, 2.24) is 20.8 Å². The molecule has 0 fully saturated rings.